The molecule has 27 heteroatoms. The molecule has 0 atom stereocenters. The molecule has 574 valence electrons. The zero-order valence-electron chi connectivity index (χ0n) is 64.0. The lowest BCUT2D eigenvalue weighted by atomic mass is 10.1. The Morgan fingerprint density at radius 1 is 0.376 bits per heavy atom. The van der Waals surface area contributed by atoms with Crippen LogP contribution in [0.3, 0.4) is 0 Å². The zero-order valence-corrected chi connectivity index (χ0v) is 64.0. The highest BCUT2D eigenvalue weighted by Crippen LogP contribution is 2.41. The lowest BCUT2D eigenvalue weighted by molar-refractivity contribution is -0.140. The van der Waals surface area contributed by atoms with Crippen LogP contribution in [0.5, 0.6) is 11.5 Å². The first-order valence-electron chi connectivity index (χ1n) is 35.6. The monoisotopic (exact) mass is 1500 g/mol. The number of hydrogen-bond acceptors (Lipinski definition) is 12. The number of aromatic amines is 3. The average molecular weight is 1500 g/mol. The van der Waals surface area contributed by atoms with Crippen molar-refractivity contribution in [1.29, 1.82) is 0 Å². The standard InChI is InChI=1S/C17H18F3N3O.C17H21N3O.C16H16F3N3O.C16H18FN3O.C16H19N3O/c1-22(2)8-9-23-14-10-11(24-3)4-5-12(14)13-6-7-21-16(15(13)23)17(18,19)20;1-12-17-15(7-8-18-12)14-6-5-13(21-4)11-16(14)20(17)10-9-19(2)3;1-21(2)7-8-22-13-9-10(23)3-4-11(13)12-5-6-20-15(14(12)22)16(17,18)19;1-10-16-13(9-15(17)18-10)12-5-4-11(21)8-14(12)20(16)7-6-19(2)3;1-11-16-14(6-7-17-11)13-5-4-12(20)10-15(13)19(16)9-8-18(2)3/h4-7,10H,8-9H2,1-3H3;5-8,11H,9-10H2,1-4H3;3-6,9,20H,7-8H2,1-2H3;4-5,8-9,18H,6-7H2,1-3H3;4-7,10,17H,8-9H2,1-3H3. The van der Waals surface area contributed by atoms with Gasteiger partial charge in [-0.25, -0.2) is 4.98 Å². The Labute approximate surface area is 624 Å². The number of aromatic nitrogens is 10. The normalized spacial score (nSPS) is 12.1. The van der Waals surface area contributed by atoms with Crippen molar-refractivity contribution in [3.8, 4) is 11.5 Å². The minimum Gasteiger partial charge on any atom is -0.497 e. The highest BCUT2D eigenvalue weighted by molar-refractivity contribution is 6.12. The van der Waals surface area contributed by atoms with Crippen molar-refractivity contribution in [2.24, 2.45) is 0 Å². The van der Waals surface area contributed by atoms with Crippen LogP contribution in [0.2, 0.25) is 0 Å². The summed E-state index contributed by atoms with van der Waals surface area (Å²) in [6.45, 7) is 13.3. The van der Waals surface area contributed by atoms with E-state index < -0.39 is 23.7 Å². The maximum atomic E-state index is 13.7. The van der Waals surface area contributed by atoms with Gasteiger partial charge in [-0.1, -0.05) is 0 Å². The van der Waals surface area contributed by atoms with Crippen LogP contribution in [-0.2, 0) is 45.1 Å². The van der Waals surface area contributed by atoms with Crippen LogP contribution in [0.15, 0.2) is 160 Å². The van der Waals surface area contributed by atoms with Crippen LogP contribution < -0.4 is 25.8 Å². The van der Waals surface area contributed by atoms with Gasteiger partial charge >= 0.3 is 12.4 Å². The Morgan fingerprint density at radius 3 is 1.15 bits per heavy atom. The number of fused-ring (bicyclic) bond motifs is 15. The van der Waals surface area contributed by atoms with Crippen molar-refractivity contribution in [1.82, 2.24) is 72.3 Å². The Balaban J connectivity index is 0.000000136. The summed E-state index contributed by atoms with van der Waals surface area (Å²) >= 11 is 0. The highest BCUT2D eigenvalue weighted by Gasteiger charge is 2.38. The second-order valence-electron chi connectivity index (χ2n) is 28.4. The van der Waals surface area contributed by atoms with E-state index in [4.69, 9.17) is 9.47 Å². The summed E-state index contributed by atoms with van der Waals surface area (Å²) in [5, 5.41) is 9.09. The number of likely N-dealkylation sites (N-methyl/N-ethyl adjacent to an activating group) is 5. The summed E-state index contributed by atoms with van der Waals surface area (Å²) in [6.07, 6.45) is -2.66. The smallest absolute Gasteiger partial charge is 0.435 e. The fourth-order valence-corrected chi connectivity index (χ4v) is 14.2. The molecule has 5 aromatic carbocycles. The molecule has 0 fully saturated rings. The first-order chi connectivity index (χ1) is 51.8. The molecule has 10 aromatic heterocycles. The van der Waals surface area contributed by atoms with Gasteiger partial charge in [0.25, 0.3) is 0 Å². The van der Waals surface area contributed by atoms with Crippen LogP contribution in [-0.4, -0.2) is 190 Å². The van der Waals surface area contributed by atoms with Gasteiger partial charge in [0, 0.05) is 192 Å². The van der Waals surface area contributed by atoms with Crippen LogP contribution in [0, 0.1) is 26.7 Å². The van der Waals surface area contributed by atoms with E-state index in [1.807, 2.05) is 83.5 Å². The van der Waals surface area contributed by atoms with E-state index in [0.717, 1.165) is 100 Å². The van der Waals surface area contributed by atoms with Gasteiger partial charge in [-0.05, 0) is 176 Å². The molecule has 3 N–H and O–H groups in total. The quantitative estimate of drug-likeness (QED) is 0.0580. The summed E-state index contributed by atoms with van der Waals surface area (Å²) in [5.74, 6) is 1.14. The highest BCUT2D eigenvalue weighted by atomic mass is 19.4. The van der Waals surface area contributed by atoms with Crippen LogP contribution in [0.1, 0.15) is 28.5 Å². The van der Waals surface area contributed by atoms with Crippen molar-refractivity contribution in [2.75, 3.05) is 117 Å². The molecular formula is C82H92F7N15O5. The third kappa shape index (κ3) is 17.1. The maximum Gasteiger partial charge on any atom is 0.435 e. The van der Waals surface area contributed by atoms with E-state index in [-0.39, 0.29) is 33.3 Å². The average Bonchev–Trinajstić information content (AvgIpc) is 1.60. The molecule has 0 saturated heterocycles. The Bertz CT molecular complexity index is 5990. The van der Waals surface area contributed by atoms with Crippen molar-refractivity contribution < 1.29 is 40.2 Å². The molecule has 0 aliphatic rings. The van der Waals surface area contributed by atoms with Crippen molar-refractivity contribution in [3.05, 3.63) is 211 Å². The SMILES string of the molecule is CN(C)CCn1c2cc(=O)ccc2c2cc[nH]c(C(F)(F)F)c21.COc1ccc2c3ccnc(C(F)(F)F)c3n(CCN(C)C)c2c1.COc1ccc2c3ccnc(C)c3n(CCN(C)C)c2c1.Cc1[nH]c(F)cc2c3ccc(=O)cc3n(CCN(C)C)c12.Cc1[nH]ccc2c3ccc(=O)cc3n(CCN(C)C)c12. The van der Waals surface area contributed by atoms with E-state index in [2.05, 4.69) is 120 Å². The van der Waals surface area contributed by atoms with Gasteiger partial charge in [-0.2, -0.15) is 30.7 Å². The van der Waals surface area contributed by atoms with Gasteiger partial charge < -0.3 is 71.8 Å². The Kier molecular flexibility index (Phi) is 23.9. The van der Waals surface area contributed by atoms with Crippen LogP contribution in [0.25, 0.3) is 109 Å². The molecule has 0 bridgehead atoms. The molecule has 0 unspecified atom stereocenters. The third-order valence-corrected chi connectivity index (χ3v) is 19.3. The van der Waals surface area contributed by atoms with Gasteiger partial charge in [-0.3, -0.25) is 19.4 Å². The predicted octanol–water partition coefficient (Wildman–Crippen LogP) is 14.8. The summed E-state index contributed by atoms with van der Waals surface area (Å²) in [5.41, 5.74) is 9.06. The molecule has 15 rings (SSSR count). The summed E-state index contributed by atoms with van der Waals surface area (Å²) in [7, 11) is 23.0. The van der Waals surface area contributed by atoms with Gasteiger partial charge in [-0.15, -0.1) is 0 Å². The Morgan fingerprint density at radius 2 is 0.725 bits per heavy atom. The van der Waals surface area contributed by atoms with Crippen molar-refractivity contribution in [2.45, 2.75) is 65.8 Å². The minimum atomic E-state index is -4.51. The molecule has 0 saturated carbocycles. The van der Waals surface area contributed by atoms with Gasteiger partial charge in [0.15, 0.2) is 27.9 Å². The summed E-state index contributed by atoms with van der Waals surface area (Å²) in [6, 6.07) is 35.1. The molecule has 0 amide bonds. The van der Waals surface area contributed by atoms with E-state index in [1.165, 1.54) is 76.5 Å². The lowest BCUT2D eigenvalue weighted by Crippen LogP contribution is -2.19. The molecule has 109 heavy (non-hydrogen) atoms. The number of nitrogens with zero attached hydrogens (tertiary/aromatic N) is 12. The predicted molar refractivity (Wildman–Crippen MR) is 425 cm³/mol. The number of halogens is 7. The number of methoxy groups -OCH3 is 2. The number of benzene rings is 5. The van der Waals surface area contributed by atoms with Gasteiger partial charge in [0.2, 0.25) is 0 Å². The molecule has 10 heterocycles. The second-order valence-corrected chi connectivity index (χ2v) is 28.4. The molecule has 0 spiro atoms. The van der Waals surface area contributed by atoms with Gasteiger partial charge in [0.05, 0.1) is 75.1 Å². The molecule has 0 radical (unpaired) electrons. The minimum absolute atomic E-state index is 0.0292. The fraction of sp³-hybridized carbons (Fsp3) is 0.329. The molecule has 20 nitrogen and oxygen atoms in total. The summed E-state index contributed by atoms with van der Waals surface area (Å²) in [4.78, 5) is 61.7. The fourth-order valence-electron chi connectivity index (χ4n) is 14.2. The third-order valence-electron chi connectivity index (χ3n) is 19.3. The zero-order chi connectivity index (χ0) is 78.7. The van der Waals surface area contributed by atoms with Crippen molar-refractivity contribution >= 4 is 109 Å². The summed E-state index contributed by atoms with van der Waals surface area (Å²) < 4.78 is 115. The van der Waals surface area contributed by atoms with Crippen LogP contribution >= 0.6 is 0 Å². The second kappa shape index (κ2) is 32.9. The molecule has 15 aromatic rings. The first-order valence-corrected chi connectivity index (χ1v) is 35.6. The van der Waals surface area contributed by atoms with E-state index >= 15 is 0 Å². The first kappa shape index (κ1) is 79.2. The topological polar surface area (TPSA) is 184 Å². The number of pyridine rings is 5. The van der Waals surface area contributed by atoms with E-state index in [9.17, 15) is 45.1 Å². The number of alkyl halides is 6. The number of aryl methyl sites for hydroxylation is 3. The number of nitrogens with one attached hydrogen (secondary N) is 3. The number of rotatable bonds is 17. The molecular weight excluding hydrogens is 1410 g/mol. The maximum absolute atomic E-state index is 13.7. The Hall–Kier alpha value is -10.8. The van der Waals surface area contributed by atoms with Crippen molar-refractivity contribution in [3.63, 3.8) is 0 Å². The molecule has 0 aliphatic carbocycles. The van der Waals surface area contributed by atoms with E-state index in [0.29, 0.717) is 59.1 Å². The number of hydrogen-bond donors (Lipinski definition) is 3. The lowest BCUT2D eigenvalue weighted by Gasteiger charge is -2.15. The van der Waals surface area contributed by atoms with Gasteiger partial charge in [0.1, 0.15) is 17.2 Å². The number of ether oxygens (including phenoxy) is 2. The number of H-pyrrole nitrogens is 3. The van der Waals surface area contributed by atoms with Crippen LogP contribution in [0.4, 0.5) is 30.7 Å². The largest absolute Gasteiger partial charge is 0.497 e. The van der Waals surface area contributed by atoms with E-state index in [1.54, 1.807) is 76.9 Å². The molecule has 0 aliphatic heterocycles.